The molecule has 0 spiro atoms. The molecule has 0 radical (unpaired) electrons. The van der Waals surface area contributed by atoms with Crippen molar-refractivity contribution in [3.05, 3.63) is 35.0 Å². The molecular weight excluding hydrogens is 238 g/mol. The molecule has 0 saturated carbocycles. The van der Waals surface area contributed by atoms with Gasteiger partial charge in [-0.05, 0) is 43.0 Å². The summed E-state index contributed by atoms with van der Waals surface area (Å²) in [6.45, 7) is 7.29. The second-order valence-electron chi connectivity index (χ2n) is 5.05. The van der Waals surface area contributed by atoms with Gasteiger partial charge in [-0.15, -0.1) is 0 Å². The van der Waals surface area contributed by atoms with Gasteiger partial charge in [-0.1, -0.05) is 20.3 Å². The van der Waals surface area contributed by atoms with Crippen LogP contribution in [-0.2, 0) is 13.0 Å². The molecule has 0 saturated heterocycles. The lowest BCUT2D eigenvalue weighted by Gasteiger charge is -2.07. The average molecular weight is 259 g/mol. The summed E-state index contributed by atoms with van der Waals surface area (Å²) in [5.74, 6) is -0.853. The Bertz CT molecular complexity index is 611. The second kappa shape index (κ2) is 5.47. The van der Waals surface area contributed by atoms with E-state index >= 15 is 0 Å². The predicted molar refractivity (Wildman–Crippen MR) is 77.9 cm³/mol. The zero-order valence-electron chi connectivity index (χ0n) is 11.9. The second-order valence-corrected chi connectivity index (χ2v) is 5.05. The number of hydrogen-bond donors (Lipinski definition) is 1. The van der Waals surface area contributed by atoms with E-state index in [0.29, 0.717) is 5.56 Å². The van der Waals surface area contributed by atoms with Crippen LogP contribution in [0.25, 0.3) is 10.9 Å². The number of aryl methyl sites for hydroxylation is 3. The first-order valence-corrected chi connectivity index (χ1v) is 6.94. The van der Waals surface area contributed by atoms with Crippen LogP contribution in [0.1, 0.15) is 48.2 Å². The Labute approximate surface area is 113 Å². The lowest BCUT2D eigenvalue weighted by molar-refractivity contribution is 0.0697. The molecule has 3 heteroatoms. The SMILES string of the molecule is CCCCn1cc(CC)c2cc(C(=O)O)cc(C)c21. The number of aromatic carboxylic acids is 1. The molecule has 0 amide bonds. The fraction of sp³-hybridized carbons (Fsp3) is 0.438. The van der Waals surface area contributed by atoms with E-state index in [1.165, 1.54) is 11.1 Å². The minimum Gasteiger partial charge on any atom is -0.478 e. The Hall–Kier alpha value is -1.77. The molecule has 3 nitrogen and oxygen atoms in total. The Morgan fingerprint density at radius 1 is 1.32 bits per heavy atom. The zero-order chi connectivity index (χ0) is 14.0. The monoisotopic (exact) mass is 259 g/mol. The Morgan fingerprint density at radius 2 is 2.05 bits per heavy atom. The smallest absolute Gasteiger partial charge is 0.335 e. The molecule has 1 heterocycles. The first-order valence-electron chi connectivity index (χ1n) is 6.94. The number of rotatable bonds is 5. The molecule has 0 aliphatic rings. The van der Waals surface area contributed by atoms with Crippen LogP contribution in [0.3, 0.4) is 0 Å². The number of benzene rings is 1. The third kappa shape index (κ3) is 2.50. The fourth-order valence-corrected chi connectivity index (χ4v) is 2.64. The van der Waals surface area contributed by atoms with Gasteiger partial charge in [0.15, 0.2) is 0 Å². The standard InChI is InChI=1S/C16H21NO2/c1-4-6-7-17-10-12(5-2)14-9-13(16(18)19)8-11(3)15(14)17/h8-10H,4-7H2,1-3H3,(H,18,19). The van der Waals surface area contributed by atoms with E-state index in [-0.39, 0.29) is 0 Å². The highest BCUT2D eigenvalue weighted by Crippen LogP contribution is 2.27. The van der Waals surface area contributed by atoms with Crippen LogP contribution < -0.4 is 0 Å². The molecule has 19 heavy (non-hydrogen) atoms. The number of carboxylic acid groups (broad SMARTS) is 1. The lowest BCUT2D eigenvalue weighted by atomic mass is 10.0. The number of carboxylic acids is 1. The number of aromatic nitrogens is 1. The van der Waals surface area contributed by atoms with Gasteiger partial charge in [-0.25, -0.2) is 4.79 Å². The summed E-state index contributed by atoms with van der Waals surface area (Å²) in [7, 11) is 0. The molecule has 0 aliphatic carbocycles. The molecule has 2 aromatic rings. The highest BCUT2D eigenvalue weighted by Gasteiger charge is 2.13. The van der Waals surface area contributed by atoms with Crippen molar-refractivity contribution < 1.29 is 9.90 Å². The maximum atomic E-state index is 11.2. The van der Waals surface area contributed by atoms with Crippen molar-refractivity contribution in [3.8, 4) is 0 Å². The topological polar surface area (TPSA) is 42.2 Å². The van der Waals surface area contributed by atoms with Crippen LogP contribution in [0.4, 0.5) is 0 Å². The Kier molecular flexibility index (Phi) is 3.93. The lowest BCUT2D eigenvalue weighted by Crippen LogP contribution is -2.00. The molecule has 0 atom stereocenters. The number of hydrogen-bond acceptors (Lipinski definition) is 1. The third-order valence-corrected chi connectivity index (χ3v) is 3.63. The van der Waals surface area contributed by atoms with Crippen molar-refractivity contribution in [1.29, 1.82) is 0 Å². The molecule has 2 rings (SSSR count). The molecule has 1 aromatic carbocycles. The Balaban J connectivity index is 2.64. The molecule has 1 N–H and O–H groups in total. The molecule has 0 fully saturated rings. The van der Waals surface area contributed by atoms with E-state index in [0.717, 1.165) is 36.8 Å². The highest BCUT2D eigenvalue weighted by molar-refractivity contribution is 5.96. The predicted octanol–water partition coefficient (Wildman–Crippen LogP) is 4.01. The van der Waals surface area contributed by atoms with Crippen molar-refractivity contribution in [2.45, 2.75) is 46.6 Å². The number of carbonyl (C=O) groups is 1. The van der Waals surface area contributed by atoms with E-state index in [4.69, 9.17) is 0 Å². The van der Waals surface area contributed by atoms with Gasteiger partial charge in [0.05, 0.1) is 11.1 Å². The summed E-state index contributed by atoms with van der Waals surface area (Å²) in [6, 6.07) is 3.58. The van der Waals surface area contributed by atoms with Crippen LogP contribution in [0, 0.1) is 6.92 Å². The van der Waals surface area contributed by atoms with Gasteiger partial charge in [0.1, 0.15) is 0 Å². The molecule has 102 valence electrons. The first kappa shape index (κ1) is 13.7. The summed E-state index contributed by atoms with van der Waals surface area (Å²) >= 11 is 0. The molecule has 0 bridgehead atoms. The van der Waals surface area contributed by atoms with Crippen LogP contribution >= 0.6 is 0 Å². The quantitative estimate of drug-likeness (QED) is 0.881. The van der Waals surface area contributed by atoms with Gasteiger partial charge >= 0.3 is 5.97 Å². The number of unbranched alkanes of at least 4 members (excludes halogenated alkanes) is 1. The maximum absolute atomic E-state index is 11.2. The van der Waals surface area contributed by atoms with Gasteiger partial charge in [-0.3, -0.25) is 0 Å². The molecule has 0 aliphatic heterocycles. The largest absolute Gasteiger partial charge is 0.478 e. The summed E-state index contributed by atoms with van der Waals surface area (Å²) < 4.78 is 2.28. The summed E-state index contributed by atoms with van der Waals surface area (Å²) in [6.07, 6.45) is 5.41. The van der Waals surface area contributed by atoms with E-state index in [9.17, 15) is 9.90 Å². The zero-order valence-corrected chi connectivity index (χ0v) is 11.9. The number of nitrogens with zero attached hydrogens (tertiary/aromatic N) is 1. The first-order chi connectivity index (χ1) is 9.08. The van der Waals surface area contributed by atoms with E-state index in [1.807, 2.05) is 13.0 Å². The van der Waals surface area contributed by atoms with Crippen molar-refractivity contribution in [1.82, 2.24) is 4.57 Å². The van der Waals surface area contributed by atoms with Gasteiger partial charge < -0.3 is 9.67 Å². The van der Waals surface area contributed by atoms with E-state index in [1.54, 1.807) is 6.07 Å². The number of fused-ring (bicyclic) bond motifs is 1. The molecule has 1 aromatic heterocycles. The molecule has 0 unspecified atom stereocenters. The fourth-order valence-electron chi connectivity index (χ4n) is 2.64. The Morgan fingerprint density at radius 3 is 2.63 bits per heavy atom. The van der Waals surface area contributed by atoms with Crippen LogP contribution in [0.5, 0.6) is 0 Å². The minimum atomic E-state index is -0.853. The van der Waals surface area contributed by atoms with Gasteiger partial charge in [0.25, 0.3) is 0 Å². The minimum absolute atomic E-state index is 0.382. The summed E-state index contributed by atoms with van der Waals surface area (Å²) in [5, 5.41) is 10.3. The average Bonchev–Trinajstić information content (AvgIpc) is 2.74. The highest BCUT2D eigenvalue weighted by atomic mass is 16.4. The summed E-state index contributed by atoms with van der Waals surface area (Å²) in [4.78, 5) is 11.2. The van der Waals surface area contributed by atoms with Crippen molar-refractivity contribution in [2.24, 2.45) is 0 Å². The van der Waals surface area contributed by atoms with Crippen LogP contribution in [0.15, 0.2) is 18.3 Å². The summed E-state index contributed by atoms with van der Waals surface area (Å²) in [5.41, 5.74) is 3.85. The van der Waals surface area contributed by atoms with Gasteiger partial charge in [-0.2, -0.15) is 0 Å². The van der Waals surface area contributed by atoms with E-state index < -0.39 is 5.97 Å². The van der Waals surface area contributed by atoms with E-state index in [2.05, 4.69) is 24.6 Å². The van der Waals surface area contributed by atoms with Gasteiger partial charge in [0, 0.05) is 18.1 Å². The third-order valence-electron chi connectivity index (χ3n) is 3.63. The van der Waals surface area contributed by atoms with Crippen LogP contribution in [-0.4, -0.2) is 15.6 Å². The maximum Gasteiger partial charge on any atom is 0.335 e. The molecular formula is C16H21NO2. The van der Waals surface area contributed by atoms with Crippen LogP contribution in [0.2, 0.25) is 0 Å². The normalized spacial score (nSPS) is 11.1. The van der Waals surface area contributed by atoms with Crippen molar-refractivity contribution >= 4 is 16.9 Å². The van der Waals surface area contributed by atoms with Gasteiger partial charge in [0.2, 0.25) is 0 Å². The van der Waals surface area contributed by atoms with Crippen molar-refractivity contribution in [2.75, 3.05) is 0 Å². The van der Waals surface area contributed by atoms with Crippen molar-refractivity contribution in [3.63, 3.8) is 0 Å².